The normalized spacial score (nSPS) is 34.0. The third-order valence-corrected chi connectivity index (χ3v) is 4.17. The van der Waals surface area contributed by atoms with Crippen LogP contribution in [0, 0.1) is 16.7 Å². The SMILES string of the molecule is CS(=O)(=O)[C@H]1CC[C@@](C#N)(C=O)C1. The second-order valence-electron chi connectivity index (χ2n) is 3.58. The second kappa shape index (κ2) is 3.11. The Morgan fingerprint density at radius 3 is 2.46 bits per heavy atom. The van der Waals surface area contributed by atoms with Crippen molar-refractivity contribution in [3.63, 3.8) is 0 Å². The minimum atomic E-state index is -3.10. The second-order valence-corrected chi connectivity index (χ2v) is 5.91. The summed E-state index contributed by atoms with van der Waals surface area (Å²) in [6, 6.07) is 1.90. The first-order valence-corrected chi connectivity index (χ1v) is 5.95. The molecule has 2 atom stereocenters. The summed E-state index contributed by atoms with van der Waals surface area (Å²) in [5, 5.41) is 8.21. The molecule has 0 amide bonds. The Morgan fingerprint density at radius 2 is 2.23 bits per heavy atom. The van der Waals surface area contributed by atoms with Gasteiger partial charge in [0.25, 0.3) is 0 Å². The molecular weight excluding hydrogens is 190 g/mol. The van der Waals surface area contributed by atoms with Crippen LogP contribution < -0.4 is 0 Å². The number of aldehydes is 1. The highest BCUT2D eigenvalue weighted by Gasteiger charge is 2.43. The van der Waals surface area contributed by atoms with Crippen molar-refractivity contribution in [2.45, 2.75) is 24.5 Å². The Hall–Kier alpha value is -0.890. The van der Waals surface area contributed by atoms with E-state index in [-0.39, 0.29) is 6.42 Å². The van der Waals surface area contributed by atoms with Crippen LogP contribution in [0.25, 0.3) is 0 Å². The van der Waals surface area contributed by atoms with Gasteiger partial charge >= 0.3 is 0 Å². The number of carbonyl (C=O) groups excluding carboxylic acids is 1. The summed E-state index contributed by atoms with van der Waals surface area (Å²) in [7, 11) is -3.10. The van der Waals surface area contributed by atoms with Crippen LogP contribution >= 0.6 is 0 Å². The van der Waals surface area contributed by atoms with Crippen molar-refractivity contribution in [3.05, 3.63) is 0 Å². The van der Waals surface area contributed by atoms with Gasteiger partial charge in [-0.1, -0.05) is 0 Å². The van der Waals surface area contributed by atoms with Crippen LogP contribution in [-0.2, 0) is 14.6 Å². The smallest absolute Gasteiger partial charge is 0.150 e. The lowest BCUT2D eigenvalue weighted by Gasteiger charge is -2.11. The lowest BCUT2D eigenvalue weighted by molar-refractivity contribution is -0.113. The number of hydrogen-bond acceptors (Lipinski definition) is 4. The van der Waals surface area contributed by atoms with Crippen molar-refractivity contribution in [1.82, 2.24) is 0 Å². The Labute approximate surface area is 77.5 Å². The summed E-state index contributed by atoms with van der Waals surface area (Å²) in [6.07, 6.45) is 2.68. The molecule has 0 aliphatic heterocycles. The number of nitrogens with zero attached hydrogens (tertiary/aromatic N) is 1. The first-order chi connectivity index (χ1) is 5.93. The zero-order valence-corrected chi connectivity index (χ0v) is 8.17. The zero-order chi connectivity index (χ0) is 10.1. The molecule has 4 nitrogen and oxygen atoms in total. The van der Waals surface area contributed by atoms with Gasteiger partial charge in [-0.15, -0.1) is 0 Å². The first-order valence-electron chi connectivity index (χ1n) is 4.00. The van der Waals surface area contributed by atoms with Crippen LogP contribution in [0.1, 0.15) is 19.3 Å². The molecular formula is C8H11NO3S. The third kappa shape index (κ3) is 1.89. The van der Waals surface area contributed by atoms with E-state index >= 15 is 0 Å². The molecule has 13 heavy (non-hydrogen) atoms. The van der Waals surface area contributed by atoms with Crippen molar-refractivity contribution in [1.29, 1.82) is 5.26 Å². The zero-order valence-electron chi connectivity index (χ0n) is 7.36. The Bertz CT molecular complexity index is 354. The highest BCUT2D eigenvalue weighted by molar-refractivity contribution is 7.91. The number of rotatable bonds is 2. The quantitative estimate of drug-likeness (QED) is 0.602. The van der Waals surface area contributed by atoms with E-state index < -0.39 is 20.5 Å². The number of carbonyl (C=O) groups is 1. The average molecular weight is 201 g/mol. The van der Waals surface area contributed by atoms with E-state index in [1.165, 1.54) is 0 Å². The maximum atomic E-state index is 11.1. The molecule has 0 N–H and O–H groups in total. The van der Waals surface area contributed by atoms with Crippen molar-refractivity contribution >= 4 is 16.1 Å². The van der Waals surface area contributed by atoms with E-state index in [2.05, 4.69) is 0 Å². The molecule has 0 saturated heterocycles. The summed E-state index contributed by atoms with van der Waals surface area (Å²) in [5.41, 5.74) is -1.05. The first kappa shape index (κ1) is 10.2. The van der Waals surface area contributed by atoms with Gasteiger partial charge in [0.2, 0.25) is 0 Å². The molecule has 1 fully saturated rings. The maximum absolute atomic E-state index is 11.1. The van der Waals surface area contributed by atoms with Crippen LogP contribution in [0.4, 0.5) is 0 Å². The predicted molar refractivity (Wildman–Crippen MR) is 46.6 cm³/mol. The van der Waals surface area contributed by atoms with Crippen LogP contribution in [0.15, 0.2) is 0 Å². The molecule has 1 aliphatic carbocycles. The maximum Gasteiger partial charge on any atom is 0.150 e. The standard InChI is InChI=1S/C8H11NO3S/c1-13(11,12)7-2-3-8(4-7,5-9)6-10/h6-7H,2-4H2,1H3/t7-,8+/m0/s1. The molecule has 0 aromatic carbocycles. The van der Waals surface area contributed by atoms with Crippen LogP contribution in [0.5, 0.6) is 0 Å². The van der Waals surface area contributed by atoms with Gasteiger partial charge in [-0.05, 0) is 19.3 Å². The van der Waals surface area contributed by atoms with Crippen LogP contribution in [0.3, 0.4) is 0 Å². The van der Waals surface area contributed by atoms with E-state index in [1.54, 1.807) is 0 Å². The van der Waals surface area contributed by atoms with Gasteiger partial charge in [-0.3, -0.25) is 0 Å². The number of hydrogen-bond donors (Lipinski definition) is 0. The number of nitriles is 1. The molecule has 0 bridgehead atoms. The fourth-order valence-electron chi connectivity index (χ4n) is 1.63. The molecule has 1 rings (SSSR count). The van der Waals surface area contributed by atoms with Gasteiger partial charge < -0.3 is 4.79 Å². The van der Waals surface area contributed by atoms with Crippen molar-refractivity contribution in [3.8, 4) is 6.07 Å². The number of sulfone groups is 1. The van der Waals surface area contributed by atoms with Gasteiger partial charge in [0.05, 0.1) is 11.3 Å². The lowest BCUT2D eigenvalue weighted by atomic mass is 9.90. The van der Waals surface area contributed by atoms with Crippen molar-refractivity contribution < 1.29 is 13.2 Å². The summed E-state index contributed by atoms with van der Waals surface area (Å²) < 4.78 is 22.3. The predicted octanol–water partition coefficient (Wildman–Crippen LogP) is 0.292. The fraction of sp³-hybridized carbons (Fsp3) is 0.750. The van der Waals surface area contributed by atoms with E-state index in [0.29, 0.717) is 19.1 Å². The summed E-state index contributed by atoms with van der Waals surface area (Å²) >= 11 is 0. The molecule has 72 valence electrons. The Morgan fingerprint density at radius 1 is 1.62 bits per heavy atom. The molecule has 0 heterocycles. The van der Waals surface area contributed by atoms with Gasteiger partial charge in [-0.25, -0.2) is 8.42 Å². The van der Waals surface area contributed by atoms with Crippen LogP contribution in [0.2, 0.25) is 0 Å². The molecule has 0 aromatic rings. The monoisotopic (exact) mass is 201 g/mol. The highest BCUT2D eigenvalue weighted by atomic mass is 32.2. The van der Waals surface area contributed by atoms with Gasteiger partial charge in [-0.2, -0.15) is 5.26 Å². The van der Waals surface area contributed by atoms with E-state index in [4.69, 9.17) is 5.26 Å². The van der Waals surface area contributed by atoms with Gasteiger partial charge in [0.15, 0.2) is 0 Å². The van der Waals surface area contributed by atoms with Crippen molar-refractivity contribution in [2.75, 3.05) is 6.26 Å². The summed E-state index contributed by atoms with van der Waals surface area (Å²) in [5.74, 6) is 0. The van der Waals surface area contributed by atoms with Gasteiger partial charge in [0.1, 0.15) is 21.5 Å². The molecule has 1 saturated carbocycles. The Kier molecular flexibility index (Phi) is 2.44. The van der Waals surface area contributed by atoms with E-state index in [9.17, 15) is 13.2 Å². The molecule has 0 spiro atoms. The summed E-state index contributed by atoms with van der Waals surface area (Å²) in [6.45, 7) is 0. The van der Waals surface area contributed by atoms with Crippen LogP contribution in [-0.4, -0.2) is 26.2 Å². The average Bonchev–Trinajstić information content (AvgIpc) is 2.48. The van der Waals surface area contributed by atoms with E-state index in [0.717, 1.165) is 6.26 Å². The van der Waals surface area contributed by atoms with E-state index in [1.807, 2.05) is 6.07 Å². The molecule has 0 unspecified atom stereocenters. The van der Waals surface area contributed by atoms with Gasteiger partial charge in [0, 0.05) is 6.26 Å². The third-order valence-electron chi connectivity index (χ3n) is 2.56. The summed E-state index contributed by atoms with van der Waals surface area (Å²) in [4.78, 5) is 10.6. The van der Waals surface area contributed by atoms with Crippen molar-refractivity contribution in [2.24, 2.45) is 5.41 Å². The molecule has 0 radical (unpaired) electrons. The molecule has 0 aromatic heterocycles. The largest absolute Gasteiger partial charge is 0.302 e. The lowest BCUT2D eigenvalue weighted by Crippen LogP contribution is -2.21. The highest BCUT2D eigenvalue weighted by Crippen LogP contribution is 2.38. The molecule has 5 heteroatoms. The minimum Gasteiger partial charge on any atom is -0.302 e. The molecule has 1 aliphatic rings. The topological polar surface area (TPSA) is 75.0 Å². The minimum absolute atomic E-state index is 0.159. The fourth-order valence-corrected chi connectivity index (χ4v) is 2.78. The Balaban J connectivity index is 2.87.